The van der Waals surface area contributed by atoms with Crippen molar-refractivity contribution in [2.24, 2.45) is 0 Å². The Morgan fingerprint density at radius 1 is 1.28 bits per heavy atom. The van der Waals surface area contributed by atoms with Gasteiger partial charge in [-0.1, -0.05) is 30.3 Å². The molecule has 0 atom stereocenters. The third kappa shape index (κ3) is 3.11. The van der Waals surface area contributed by atoms with Crippen LogP contribution in [0.15, 0.2) is 23.7 Å². The Labute approximate surface area is 110 Å². The number of carboxylic acids is 1. The van der Waals surface area contributed by atoms with Gasteiger partial charge in [0.1, 0.15) is 0 Å². The highest BCUT2D eigenvalue weighted by Crippen LogP contribution is 2.19. The molecule has 1 amide bonds. The van der Waals surface area contributed by atoms with Crippen LogP contribution in [0.5, 0.6) is 0 Å². The van der Waals surface area contributed by atoms with Crippen LogP contribution in [-0.2, 0) is 0 Å². The van der Waals surface area contributed by atoms with Gasteiger partial charge >= 0.3 is 5.97 Å². The first-order valence-electron chi connectivity index (χ1n) is 5.29. The van der Waals surface area contributed by atoms with E-state index in [-0.39, 0.29) is 22.7 Å². The highest BCUT2D eigenvalue weighted by molar-refractivity contribution is 6.29. The normalized spacial score (nSPS) is 9.94. The molecule has 0 radical (unpaired) electrons. The zero-order valence-electron chi connectivity index (χ0n) is 10.2. The molecule has 0 unspecified atom stereocenters. The van der Waals surface area contributed by atoms with Gasteiger partial charge in [0.25, 0.3) is 5.91 Å². The minimum absolute atomic E-state index is 0.0210. The SMILES string of the molecule is C=C(Cl)CNC(=O)c1c(C)ccc(C)c1C(=O)O. The third-order valence-electron chi connectivity index (χ3n) is 2.50. The van der Waals surface area contributed by atoms with Crippen LogP contribution in [0.2, 0.25) is 0 Å². The van der Waals surface area contributed by atoms with Crippen molar-refractivity contribution in [3.05, 3.63) is 46.0 Å². The fourth-order valence-electron chi connectivity index (χ4n) is 1.64. The van der Waals surface area contributed by atoms with Crippen LogP contribution in [0.4, 0.5) is 0 Å². The second-order valence-electron chi connectivity index (χ2n) is 3.95. The van der Waals surface area contributed by atoms with Crippen molar-refractivity contribution >= 4 is 23.5 Å². The molecule has 0 aromatic heterocycles. The van der Waals surface area contributed by atoms with Gasteiger partial charge in [-0.25, -0.2) is 4.79 Å². The van der Waals surface area contributed by atoms with E-state index >= 15 is 0 Å². The number of amides is 1. The molecule has 0 spiro atoms. The van der Waals surface area contributed by atoms with Crippen LogP contribution < -0.4 is 5.32 Å². The number of aromatic carboxylic acids is 1. The van der Waals surface area contributed by atoms with E-state index < -0.39 is 11.9 Å². The molecule has 0 aliphatic heterocycles. The zero-order chi connectivity index (χ0) is 13.9. The molecular formula is C13H14ClNO3. The molecule has 96 valence electrons. The second-order valence-corrected chi connectivity index (χ2v) is 4.49. The van der Waals surface area contributed by atoms with Gasteiger partial charge in [0.15, 0.2) is 0 Å². The van der Waals surface area contributed by atoms with Gasteiger partial charge < -0.3 is 10.4 Å². The number of carbonyl (C=O) groups excluding carboxylic acids is 1. The van der Waals surface area contributed by atoms with E-state index in [1.807, 2.05) is 0 Å². The van der Waals surface area contributed by atoms with Crippen molar-refractivity contribution in [2.45, 2.75) is 13.8 Å². The lowest BCUT2D eigenvalue weighted by Gasteiger charge is -2.12. The molecule has 0 saturated heterocycles. The van der Waals surface area contributed by atoms with Gasteiger partial charge in [0.05, 0.1) is 17.7 Å². The molecule has 4 nitrogen and oxygen atoms in total. The number of carboxylic acid groups (broad SMARTS) is 1. The van der Waals surface area contributed by atoms with Crippen LogP contribution in [0.1, 0.15) is 31.8 Å². The summed E-state index contributed by atoms with van der Waals surface area (Å²) in [5.74, 6) is -1.58. The van der Waals surface area contributed by atoms with Crippen molar-refractivity contribution in [1.82, 2.24) is 5.32 Å². The van der Waals surface area contributed by atoms with Crippen LogP contribution in [0, 0.1) is 13.8 Å². The molecule has 0 bridgehead atoms. The third-order valence-corrected chi connectivity index (χ3v) is 2.64. The summed E-state index contributed by atoms with van der Waals surface area (Å²) in [4.78, 5) is 23.2. The van der Waals surface area contributed by atoms with E-state index in [9.17, 15) is 14.7 Å². The van der Waals surface area contributed by atoms with Gasteiger partial charge in [-0.15, -0.1) is 0 Å². The number of nitrogens with one attached hydrogen (secondary N) is 1. The second kappa shape index (κ2) is 5.69. The Morgan fingerprint density at radius 2 is 1.78 bits per heavy atom. The largest absolute Gasteiger partial charge is 0.478 e. The maximum atomic E-state index is 12.0. The minimum Gasteiger partial charge on any atom is -0.478 e. The first-order valence-corrected chi connectivity index (χ1v) is 5.67. The van der Waals surface area contributed by atoms with Gasteiger partial charge in [-0.2, -0.15) is 0 Å². The number of benzene rings is 1. The van der Waals surface area contributed by atoms with E-state index in [2.05, 4.69) is 11.9 Å². The quantitative estimate of drug-likeness (QED) is 0.881. The molecule has 0 fully saturated rings. The fraction of sp³-hybridized carbons (Fsp3) is 0.231. The van der Waals surface area contributed by atoms with Crippen LogP contribution in [-0.4, -0.2) is 23.5 Å². The fourth-order valence-corrected chi connectivity index (χ4v) is 1.71. The summed E-state index contributed by atoms with van der Waals surface area (Å²) in [6.07, 6.45) is 0. The summed E-state index contributed by atoms with van der Waals surface area (Å²) in [5.41, 5.74) is 1.34. The highest BCUT2D eigenvalue weighted by atomic mass is 35.5. The lowest BCUT2D eigenvalue weighted by molar-refractivity contribution is 0.0690. The van der Waals surface area contributed by atoms with E-state index in [4.69, 9.17) is 11.6 Å². The van der Waals surface area contributed by atoms with Gasteiger partial charge in [-0.3, -0.25) is 4.79 Å². The number of aryl methyl sites for hydroxylation is 2. The molecule has 0 aliphatic carbocycles. The molecule has 0 saturated carbocycles. The number of halogens is 1. The zero-order valence-corrected chi connectivity index (χ0v) is 11.0. The number of carbonyl (C=O) groups is 2. The Morgan fingerprint density at radius 3 is 2.22 bits per heavy atom. The molecular weight excluding hydrogens is 254 g/mol. The maximum Gasteiger partial charge on any atom is 0.336 e. The van der Waals surface area contributed by atoms with Crippen LogP contribution >= 0.6 is 11.6 Å². The van der Waals surface area contributed by atoms with Crippen molar-refractivity contribution in [1.29, 1.82) is 0 Å². The first kappa shape index (κ1) is 14.3. The summed E-state index contributed by atoms with van der Waals surface area (Å²) < 4.78 is 0. The molecule has 18 heavy (non-hydrogen) atoms. The monoisotopic (exact) mass is 267 g/mol. The maximum absolute atomic E-state index is 12.0. The summed E-state index contributed by atoms with van der Waals surface area (Å²) >= 11 is 5.56. The Balaban J connectivity index is 3.21. The topological polar surface area (TPSA) is 66.4 Å². The predicted octanol–water partition coefficient (Wildman–Crippen LogP) is 2.48. The van der Waals surface area contributed by atoms with Gasteiger partial charge in [0, 0.05) is 5.03 Å². The average Bonchev–Trinajstić information content (AvgIpc) is 2.28. The number of hydrogen-bond acceptors (Lipinski definition) is 2. The number of rotatable bonds is 4. The Hall–Kier alpha value is -1.81. The van der Waals surface area contributed by atoms with Crippen molar-refractivity contribution in [3.63, 3.8) is 0 Å². The lowest BCUT2D eigenvalue weighted by Crippen LogP contribution is -2.27. The van der Waals surface area contributed by atoms with Gasteiger partial charge in [-0.05, 0) is 25.0 Å². The first-order chi connectivity index (χ1) is 8.34. The van der Waals surface area contributed by atoms with E-state index in [0.29, 0.717) is 11.1 Å². The van der Waals surface area contributed by atoms with Crippen LogP contribution in [0.25, 0.3) is 0 Å². The van der Waals surface area contributed by atoms with Gasteiger partial charge in [0.2, 0.25) is 0 Å². The smallest absolute Gasteiger partial charge is 0.336 e. The van der Waals surface area contributed by atoms with Crippen molar-refractivity contribution < 1.29 is 14.7 Å². The van der Waals surface area contributed by atoms with Crippen molar-refractivity contribution in [3.8, 4) is 0 Å². The van der Waals surface area contributed by atoms with E-state index in [0.717, 1.165) is 0 Å². The summed E-state index contributed by atoms with van der Waals surface area (Å²) in [6, 6.07) is 3.39. The van der Waals surface area contributed by atoms with E-state index in [1.54, 1.807) is 26.0 Å². The lowest BCUT2D eigenvalue weighted by atomic mass is 9.96. The molecule has 0 heterocycles. The Kier molecular flexibility index (Phi) is 4.50. The van der Waals surface area contributed by atoms with E-state index in [1.165, 1.54) is 0 Å². The molecule has 1 rings (SSSR count). The summed E-state index contributed by atoms with van der Waals surface area (Å²) in [6.45, 7) is 6.90. The number of hydrogen-bond donors (Lipinski definition) is 2. The Bertz CT molecular complexity index is 523. The molecule has 1 aromatic carbocycles. The van der Waals surface area contributed by atoms with Crippen LogP contribution in [0.3, 0.4) is 0 Å². The minimum atomic E-state index is -1.12. The molecule has 5 heteroatoms. The summed E-state index contributed by atoms with van der Waals surface area (Å²) in [7, 11) is 0. The summed E-state index contributed by atoms with van der Waals surface area (Å²) in [5, 5.41) is 12.0. The average molecular weight is 268 g/mol. The molecule has 1 aromatic rings. The molecule has 2 N–H and O–H groups in total. The standard InChI is InChI=1S/C13H14ClNO3/c1-7-4-5-8(2)11(13(17)18)10(7)12(16)15-6-9(3)14/h4-5H,3,6H2,1-2H3,(H,15,16)(H,17,18). The molecule has 0 aliphatic rings. The predicted molar refractivity (Wildman–Crippen MR) is 70.2 cm³/mol. The highest BCUT2D eigenvalue weighted by Gasteiger charge is 2.20. The van der Waals surface area contributed by atoms with Crippen molar-refractivity contribution in [2.75, 3.05) is 6.54 Å².